The Morgan fingerprint density at radius 3 is 2.60 bits per heavy atom. The molecule has 2 heterocycles. The molecule has 0 saturated carbocycles. The van der Waals surface area contributed by atoms with Crippen LogP contribution in [0.2, 0.25) is 0 Å². The lowest BCUT2D eigenvalue weighted by molar-refractivity contribution is -0.145. The summed E-state index contributed by atoms with van der Waals surface area (Å²) in [7, 11) is 1.28. The van der Waals surface area contributed by atoms with Crippen LogP contribution in [0.1, 0.15) is 13.8 Å². The number of hydrogen-bond donors (Lipinski definition) is 2. The van der Waals surface area contributed by atoms with Crippen LogP contribution in [0.3, 0.4) is 0 Å². The van der Waals surface area contributed by atoms with Gasteiger partial charge in [0.05, 0.1) is 12.8 Å². The summed E-state index contributed by atoms with van der Waals surface area (Å²) in [6.45, 7) is 3.76. The summed E-state index contributed by atoms with van der Waals surface area (Å²) < 4.78 is 4.15. The molecule has 0 unspecified atom stereocenters. The first-order chi connectivity index (χ1) is 9.19. The van der Waals surface area contributed by atoms with E-state index < -0.39 is 27.6 Å². The molecule has 2 rings (SSSR count). The minimum atomic E-state index is -0.913. The molecule has 0 bridgehead atoms. The van der Waals surface area contributed by atoms with E-state index in [0.29, 0.717) is 5.70 Å². The Labute approximate surface area is 126 Å². The van der Waals surface area contributed by atoms with Crippen molar-refractivity contribution in [3.63, 3.8) is 0 Å². The molecule has 0 aromatic rings. The highest BCUT2D eigenvalue weighted by atomic mass is 32.2. The van der Waals surface area contributed by atoms with Crippen molar-refractivity contribution in [3.05, 3.63) is 11.8 Å². The number of thioether (sulfide) groups is 2. The molecule has 112 valence electrons. The largest absolute Gasteiger partial charge is 0.480 e. The van der Waals surface area contributed by atoms with Gasteiger partial charge in [0.15, 0.2) is 0 Å². The summed E-state index contributed by atoms with van der Waals surface area (Å²) in [6.07, 6.45) is 3.15. The summed E-state index contributed by atoms with van der Waals surface area (Å²) in [4.78, 5) is 24.0. The zero-order valence-electron chi connectivity index (χ0n) is 11.7. The van der Waals surface area contributed by atoms with E-state index in [1.807, 2.05) is 20.1 Å². The maximum absolute atomic E-state index is 11.6. The number of carbonyl (C=O) groups excluding carboxylic acids is 1. The quantitative estimate of drug-likeness (QED) is 0.446. The number of esters is 1. The molecule has 0 aromatic carbocycles. The third-order valence-electron chi connectivity index (χ3n) is 3.68. The Morgan fingerprint density at radius 1 is 1.55 bits per heavy atom. The zero-order chi connectivity index (χ0) is 15.3. The molecule has 6 nitrogen and oxygen atoms in total. The third kappa shape index (κ3) is 2.01. The van der Waals surface area contributed by atoms with Crippen molar-refractivity contribution in [2.24, 2.45) is 5.73 Å². The van der Waals surface area contributed by atoms with Crippen molar-refractivity contribution in [2.45, 2.75) is 34.9 Å². The fourth-order valence-corrected chi connectivity index (χ4v) is 5.37. The van der Waals surface area contributed by atoms with Gasteiger partial charge in [0.2, 0.25) is 0 Å². The lowest BCUT2D eigenvalue weighted by atomic mass is 9.93. The van der Waals surface area contributed by atoms with Crippen LogP contribution in [0.25, 0.3) is 0 Å². The van der Waals surface area contributed by atoms with Gasteiger partial charge >= 0.3 is 11.9 Å². The van der Waals surface area contributed by atoms with Gasteiger partial charge in [0.25, 0.3) is 0 Å². The number of methoxy groups -OCH3 is 1. The summed E-state index contributed by atoms with van der Waals surface area (Å²) in [5, 5.41) is 9.31. The first kappa shape index (κ1) is 15.5. The van der Waals surface area contributed by atoms with Crippen LogP contribution < -0.4 is 5.73 Å². The van der Waals surface area contributed by atoms with Crippen molar-refractivity contribution in [1.82, 2.24) is 4.90 Å². The number of carboxylic acids is 1. The number of hydrogen-bond acceptors (Lipinski definition) is 7. The SMILES string of the molecule is COC(=O)/C=C1\N2[C@@H](C(=O)O)C(C)(C)S[C@@H]2[C@@]1(N)SC. The molecule has 0 aromatic heterocycles. The Hall–Kier alpha value is -0.860. The van der Waals surface area contributed by atoms with Crippen LogP contribution in [0, 0.1) is 0 Å². The van der Waals surface area contributed by atoms with Crippen molar-refractivity contribution < 1.29 is 19.4 Å². The smallest absolute Gasteiger partial charge is 0.332 e. The van der Waals surface area contributed by atoms with Gasteiger partial charge in [-0.25, -0.2) is 9.59 Å². The first-order valence-corrected chi connectivity index (χ1v) is 8.12. The van der Waals surface area contributed by atoms with Gasteiger partial charge in [-0.15, -0.1) is 23.5 Å². The van der Waals surface area contributed by atoms with E-state index in [9.17, 15) is 14.7 Å². The standard InChI is InChI=1S/C12H18N2O4S2/c1-11(2)8(9(16)17)14-6(5-7(15)18-3)12(13,19-4)10(14)20-11/h5,8,10H,13H2,1-4H3,(H,16,17)/b6-5-/t8-,10+,12-/m0/s1. The number of fused-ring (bicyclic) bond motifs is 1. The minimum absolute atomic E-state index is 0.162. The number of carboxylic acid groups (broad SMARTS) is 1. The number of nitrogens with two attached hydrogens (primary N) is 1. The molecular weight excluding hydrogens is 300 g/mol. The first-order valence-electron chi connectivity index (χ1n) is 6.02. The van der Waals surface area contributed by atoms with Crippen LogP contribution in [-0.4, -0.2) is 56.3 Å². The van der Waals surface area contributed by atoms with E-state index >= 15 is 0 Å². The van der Waals surface area contributed by atoms with E-state index in [1.54, 1.807) is 4.90 Å². The molecule has 0 radical (unpaired) electrons. The zero-order valence-corrected chi connectivity index (χ0v) is 13.4. The van der Waals surface area contributed by atoms with Gasteiger partial charge in [-0.2, -0.15) is 0 Å². The highest BCUT2D eigenvalue weighted by Gasteiger charge is 2.67. The van der Waals surface area contributed by atoms with Crippen molar-refractivity contribution in [2.75, 3.05) is 13.4 Å². The highest BCUT2D eigenvalue weighted by molar-refractivity contribution is 8.05. The molecular formula is C12H18N2O4S2. The van der Waals surface area contributed by atoms with Gasteiger partial charge in [-0.1, -0.05) is 0 Å². The topological polar surface area (TPSA) is 92.9 Å². The normalized spacial score (nSPS) is 36.5. The van der Waals surface area contributed by atoms with Crippen LogP contribution in [0.4, 0.5) is 0 Å². The van der Waals surface area contributed by atoms with Crippen LogP contribution in [0.15, 0.2) is 11.8 Å². The maximum Gasteiger partial charge on any atom is 0.332 e. The average molecular weight is 318 g/mol. The average Bonchev–Trinajstić information content (AvgIpc) is 2.64. The Morgan fingerprint density at radius 2 is 2.15 bits per heavy atom. The molecule has 0 spiro atoms. The fourth-order valence-electron chi connectivity index (χ4n) is 2.68. The number of carbonyl (C=O) groups is 2. The minimum Gasteiger partial charge on any atom is -0.480 e. The summed E-state index contributed by atoms with van der Waals surface area (Å²) in [5.41, 5.74) is 6.87. The predicted octanol–water partition coefficient (Wildman–Crippen LogP) is 0.682. The van der Waals surface area contributed by atoms with E-state index in [0.717, 1.165) is 0 Å². The number of aliphatic carboxylic acids is 1. The number of rotatable bonds is 3. The lowest BCUT2D eigenvalue weighted by Crippen LogP contribution is -2.69. The van der Waals surface area contributed by atoms with Gasteiger partial charge in [0, 0.05) is 10.8 Å². The monoisotopic (exact) mass is 318 g/mol. The lowest BCUT2D eigenvalue weighted by Gasteiger charge is -2.54. The van der Waals surface area contributed by atoms with Gasteiger partial charge in [-0.3, -0.25) is 0 Å². The third-order valence-corrected chi connectivity index (χ3v) is 6.59. The Kier molecular flexibility index (Phi) is 3.77. The second kappa shape index (κ2) is 4.85. The number of nitrogens with zero attached hydrogens (tertiary/aromatic N) is 1. The van der Waals surface area contributed by atoms with E-state index in [2.05, 4.69) is 4.74 Å². The molecule has 3 N–H and O–H groups in total. The highest BCUT2D eigenvalue weighted by Crippen LogP contribution is 2.61. The van der Waals surface area contributed by atoms with Gasteiger partial charge in [0.1, 0.15) is 16.3 Å². The summed E-state index contributed by atoms with van der Waals surface area (Å²) in [5.74, 6) is -1.44. The molecule has 2 aliphatic rings. The molecule has 2 fully saturated rings. The van der Waals surface area contributed by atoms with Gasteiger partial charge < -0.3 is 20.5 Å². The Bertz CT molecular complexity index is 494. The van der Waals surface area contributed by atoms with Crippen LogP contribution >= 0.6 is 23.5 Å². The predicted molar refractivity (Wildman–Crippen MR) is 79.3 cm³/mol. The van der Waals surface area contributed by atoms with Gasteiger partial charge in [-0.05, 0) is 20.1 Å². The molecule has 8 heteroatoms. The summed E-state index contributed by atoms with van der Waals surface area (Å²) in [6, 6.07) is -0.711. The molecule has 2 saturated heterocycles. The van der Waals surface area contributed by atoms with Crippen molar-refractivity contribution in [3.8, 4) is 0 Å². The van der Waals surface area contributed by atoms with E-state index in [4.69, 9.17) is 5.73 Å². The van der Waals surface area contributed by atoms with E-state index in [1.165, 1.54) is 36.7 Å². The Balaban J connectivity index is 2.44. The molecule has 3 atom stereocenters. The second-order valence-corrected chi connectivity index (χ2v) is 8.09. The van der Waals surface area contributed by atoms with Crippen LogP contribution in [-0.2, 0) is 14.3 Å². The van der Waals surface area contributed by atoms with Crippen LogP contribution in [0.5, 0.6) is 0 Å². The second-order valence-electron chi connectivity index (χ2n) is 5.27. The van der Waals surface area contributed by atoms with Crippen molar-refractivity contribution >= 4 is 35.5 Å². The fraction of sp³-hybridized carbons (Fsp3) is 0.667. The summed E-state index contributed by atoms with van der Waals surface area (Å²) >= 11 is 2.94. The van der Waals surface area contributed by atoms with Crippen molar-refractivity contribution in [1.29, 1.82) is 0 Å². The molecule has 0 aliphatic carbocycles. The molecule has 0 amide bonds. The number of ether oxygens (including phenoxy) is 1. The molecule has 2 aliphatic heterocycles. The maximum atomic E-state index is 11.6. The van der Waals surface area contributed by atoms with E-state index in [-0.39, 0.29) is 5.37 Å². The molecule has 20 heavy (non-hydrogen) atoms.